The smallest absolute Gasteiger partial charge is 0.398 e. The Labute approximate surface area is 150 Å². The molecule has 0 aromatic heterocycles. The van der Waals surface area contributed by atoms with Crippen LogP contribution in [0.15, 0.2) is 47.4 Å². The Kier molecular flexibility index (Phi) is 6.55. The van der Waals surface area contributed by atoms with Crippen molar-refractivity contribution in [2.45, 2.75) is 11.1 Å². The van der Waals surface area contributed by atoms with E-state index in [1.807, 2.05) is 0 Å². The fourth-order valence-corrected chi connectivity index (χ4v) is 2.77. The lowest BCUT2D eigenvalue weighted by Gasteiger charge is -2.12. The van der Waals surface area contributed by atoms with E-state index in [1.165, 1.54) is 18.2 Å². The zero-order chi connectivity index (χ0) is 18.4. The number of anilines is 1. The number of nitrogens with one attached hydrogen (secondary N) is 1. The lowest BCUT2D eigenvalue weighted by Crippen LogP contribution is -2.20. The molecule has 0 aliphatic carbocycles. The zero-order valence-corrected chi connectivity index (χ0v) is 14.1. The topological polar surface area (TPSA) is 38.3 Å². The van der Waals surface area contributed by atoms with E-state index in [0.717, 1.165) is 12.1 Å². The van der Waals surface area contributed by atoms with Crippen molar-refractivity contribution < 1.29 is 27.1 Å². The van der Waals surface area contributed by atoms with Gasteiger partial charge in [-0.1, -0.05) is 23.7 Å². The maximum atomic E-state index is 12.9. The Morgan fingerprint density at radius 3 is 2.60 bits per heavy atom. The van der Waals surface area contributed by atoms with Crippen molar-refractivity contribution in [3.8, 4) is 5.75 Å². The Morgan fingerprint density at radius 2 is 1.92 bits per heavy atom. The molecule has 2 rings (SSSR count). The lowest BCUT2D eigenvalue weighted by atomic mass is 10.3. The molecule has 0 heterocycles. The molecule has 0 spiro atoms. The molecule has 0 saturated carbocycles. The summed E-state index contributed by atoms with van der Waals surface area (Å²) in [7, 11) is 0. The van der Waals surface area contributed by atoms with Gasteiger partial charge in [-0.2, -0.15) is 13.2 Å². The van der Waals surface area contributed by atoms with E-state index in [-0.39, 0.29) is 21.4 Å². The molecule has 1 amide bonds. The van der Waals surface area contributed by atoms with Crippen molar-refractivity contribution >= 4 is 35.0 Å². The minimum Gasteiger partial charge on any atom is -0.482 e. The summed E-state index contributed by atoms with van der Waals surface area (Å²) in [4.78, 5) is 12.2. The average Bonchev–Trinajstić information content (AvgIpc) is 2.52. The molecule has 9 heteroatoms. The van der Waals surface area contributed by atoms with Gasteiger partial charge >= 0.3 is 6.18 Å². The van der Waals surface area contributed by atoms with E-state index in [0.29, 0.717) is 11.8 Å². The Bertz CT molecular complexity index is 755. The molecule has 0 aliphatic rings. The van der Waals surface area contributed by atoms with E-state index in [4.69, 9.17) is 16.3 Å². The molecule has 0 bridgehead atoms. The van der Waals surface area contributed by atoms with Crippen molar-refractivity contribution in [3.05, 3.63) is 53.3 Å². The molecular formula is C16H12ClF4NO2S. The quantitative estimate of drug-likeness (QED) is 0.544. The molecule has 0 unspecified atom stereocenters. The summed E-state index contributed by atoms with van der Waals surface area (Å²) < 4.78 is 55.1. The van der Waals surface area contributed by atoms with Gasteiger partial charge < -0.3 is 10.1 Å². The first-order chi connectivity index (χ1) is 11.7. The molecule has 0 atom stereocenters. The van der Waals surface area contributed by atoms with Crippen molar-refractivity contribution in [3.63, 3.8) is 0 Å². The van der Waals surface area contributed by atoms with Crippen LogP contribution >= 0.6 is 23.4 Å². The number of hydrogen-bond donors (Lipinski definition) is 1. The van der Waals surface area contributed by atoms with Crippen LogP contribution in [0.2, 0.25) is 5.02 Å². The van der Waals surface area contributed by atoms with E-state index < -0.39 is 30.3 Å². The van der Waals surface area contributed by atoms with Gasteiger partial charge in [-0.05, 0) is 30.3 Å². The summed E-state index contributed by atoms with van der Waals surface area (Å²) >= 11 is 6.35. The molecule has 25 heavy (non-hydrogen) atoms. The van der Waals surface area contributed by atoms with Gasteiger partial charge in [-0.15, -0.1) is 11.8 Å². The number of halogens is 5. The molecular weight excluding hydrogens is 382 g/mol. The Morgan fingerprint density at radius 1 is 1.20 bits per heavy atom. The number of benzene rings is 2. The number of carbonyl (C=O) groups is 1. The number of alkyl halides is 3. The summed E-state index contributed by atoms with van der Waals surface area (Å²) in [6.07, 6.45) is -4.32. The number of amides is 1. The number of thioether (sulfide) groups is 1. The minimum atomic E-state index is -4.32. The first kappa shape index (κ1) is 19.4. The van der Waals surface area contributed by atoms with Gasteiger partial charge in [0.25, 0.3) is 5.91 Å². The van der Waals surface area contributed by atoms with Crippen molar-refractivity contribution in [1.29, 1.82) is 0 Å². The second kappa shape index (κ2) is 8.44. The molecule has 0 radical (unpaired) electrons. The lowest BCUT2D eigenvalue weighted by molar-refractivity contribution is -0.118. The number of para-hydroxylation sites is 1. The first-order valence-corrected chi connectivity index (χ1v) is 8.27. The fraction of sp³-hybridized carbons (Fsp3) is 0.188. The SMILES string of the molecule is O=C(COc1ccc(F)cc1Cl)Nc1ccccc1SCC(F)(F)F. The third kappa shape index (κ3) is 6.47. The highest BCUT2D eigenvalue weighted by Crippen LogP contribution is 2.32. The number of rotatable bonds is 6. The average molecular weight is 394 g/mol. The first-order valence-electron chi connectivity index (χ1n) is 6.91. The molecule has 2 aromatic carbocycles. The van der Waals surface area contributed by atoms with Gasteiger partial charge in [0.1, 0.15) is 11.6 Å². The van der Waals surface area contributed by atoms with Crippen LogP contribution in [0.4, 0.5) is 23.2 Å². The summed E-state index contributed by atoms with van der Waals surface area (Å²) in [5, 5.41) is 2.49. The van der Waals surface area contributed by atoms with Gasteiger partial charge in [0.05, 0.1) is 16.5 Å². The van der Waals surface area contributed by atoms with E-state index in [9.17, 15) is 22.4 Å². The normalized spacial score (nSPS) is 11.2. The van der Waals surface area contributed by atoms with Crippen LogP contribution in [0.25, 0.3) is 0 Å². The standard InChI is InChI=1S/C16H12ClF4NO2S/c17-11-7-10(18)5-6-13(11)24-8-15(23)22-12-3-1-2-4-14(12)25-9-16(19,20)21/h1-7H,8-9H2,(H,22,23). The minimum absolute atomic E-state index is 0.00827. The summed E-state index contributed by atoms with van der Waals surface area (Å²) in [6.45, 7) is -0.427. The van der Waals surface area contributed by atoms with Gasteiger partial charge in [0, 0.05) is 4.90 Å². The molecule has 0 saturated heterocycles. The second-order valence-electron chi connectivity index (χ2n) is 4.81. The fourth-order valence-electron chi connectivity index (χ4n) is 1.78. The van der Waals surface area contributed by atoms with Crippen LogP contribution in [0.5, 0.6) is 5.75 Å². The molecule has 2 aromatic rings. The Balaban J connectivity index is 1.96. The number of carbonyl (C=O) groups excluding carboxylic acids is 1. The summed E-state index contributed by atoms with van der Waals surface area (Å²) in [5.74, 6) is -2.07. The Hall–Kier alpha value is -1.93. The molecule has 1 N–H and O–H groups in total. The predicted octanol–water partition coefficient (Wildman–Crippen LogP) is 5.15. The summed E-state index contributed by atoms with van der Waals surface area (Å²) in [5.41, 5.74) is 0.246. The number of hydrogen-bond acceptors (Lipinski definition) is 3. The van der Waals surface area contributed by atoms with Gasteiger partial charge in [-0.25, -0.2) is 4.39 Å². The third-order valence-corrected chi connectivity index (χ3v) is 4.24. The molecule has 134 valence electrons. The number of ether oxygens (including phenoxy) is 1. The summed E-state index contributed by atoms with van der Waals surface area (Å²) in [6, 6.07) is 9.57. The third-order valence-electron chi connectivity index (χ3n) is 2.81. The van der Waals surface area contributed by atoms with Crippen LogP contribution in [0, 0.1) is 5.82 Å². The maximum Gasteiger partial charge on any atom is 0.398 e. The maximum absolute atomic E-state index is 12.9. The van der Waals surface area contributed by atoms with Crippen molar-refractivity contribution in [2.75, 3.05) is 17.7 Å². The van der Waals surface area contributed by atoms with Crippen LogP contribution in [0.3, 0.4) is 0 Å². The van der Waals surface area contributed by atoms with Crippen LogP contribution in [-0.4, -0.2) is 24.4 Å². The van der Waals surface area contributed by atoms with E-state index in [2.05, 4.69) is 5.32 Å². The zero-order valence-electron chi connectivity index (χ0n) is 12.6. The largest absolute Gasteiger partial charge is 0.482 e. The van der Waals surface area contributed by atoms with Gasteiger partial charge in [-0.3, -0.25) is 4.79 Å². The van der Waals surface area contributed by atoms with Crippen LogP contribution in [0.1, 0.15) is 0 Å². The molecule has 3 nitrogen and oxygen atoms in total. The van der Waals surface area contributed by atoms with Crippen LogP contribution < -0.4 is 10.1 Å². The highest BCUT2D eigenvalue weighted by Gasteiger charge is 2.27. The van der Waals surface area contributed by atoms with Crippen molar-refractivity contribution in [1.82, 2.24) is 0 Å². The molecule has 0 aliphatic heterocycles. The van der Waals surface area contributed by atoms with Gasteiger partial charge in [0.15, 0.2) is 6.61 Å². The molecule has 0 fully saturated rings. The van der Waals surface area contributed by atoms with E-state index >= 15 is 0 Å². The highest BCUT2D eigenvalue weighted by atomic mass is 35.5. The van der Waals surface area contributed by atoms with Crippen LogP contribution in [-0.2, 0) is 4.79 Å². The second-order valence-corrected chi connectivity index (χ2v) is 6.24. The van der Waals surface area contributed by atoms with Gasteiger partial charge in [0.2, 0.25) is 0 Å². The highest BCUT2D eigenvalue weighted by molar-refractivity contribution is 7.99. The van der Waals surface area contributed by atoms with Crippen molar-refractivity contribution in [2.24, 2.45) is 0 Å². The predicted molar refractivity (Wildman–Crippen MR) is 88.8 cm³/mol. The van der Waals surface area contributed by atoms with E-state index in [1.54, 1.807) is 12.1 Å². The monoisotopic (exact) mass is 393 g/mol.